The number of carbonyl (C=O) groups excluding carboxylic acids is 4. The third-order valence-electron chi connectivity index (χ3n) is 3.54. The molecule has 0 fully saturated rings. The highest BCUT2D eigenvalue weighted by Crippen LogP contribution is 2.00. The molecule has 1 aromatic heterocycles. The molecule has 154 valence electrons. The van der Waals surface area contributed by atoms with Crippen LogP contribution in [0.3, 0.4) is 0 Å². The van der Waals surface area contributed by atoms with Crippen LogP contribution >= 0.6 is 0 Å². The van der Waals surface area contributed by atoms with E-state index in [0.717, 1.165) is 0 Å². The largest absolute Gasteiger partial charge is 0.480 e. The molecule has 0 saturated carbocycles. The molecule has 1 heterocycles. The van der Waals surface area contributed by atoms with Crippen molar-refractivity contribution in [3.63, 3.8) is 0 Å². The number of primary amides is 1. The number of imidazole rings is 1. The van der Waals surface area contributed by atoms with E-state index in [1.165, 1.54) is 19.4 Å². The first-order chi connectivity index (χ1) is 13.1. The van der Waals surface area contributed by atoms with E-state index in [1.807, 2.05) is 0 Å². The van der Waals surface area contributed by atoms with Crippen molar-refractivity contribution in [1.82, 2.24) is 25.9 Å². The van der Waals surface area contributed by atoms with Crippen LogP contribution in [0, 0.1) is 0 Å². The van der Waals surface area contributed by atoms with Gasteiger partial charge >= 0.3 is 5.97 Å². The molecular weight excluding hydrogens is 374 g/mol. The number of rotatable bonds is 11. The van der Waals surface area contributed by atoms with Crippen molar-refractivity contribution in [2.75, 3.05) is 6.54 Å². The number of hydrogen-bond acceptors (Lipinski definition) is 7. The zero-order valence-corrected chi connectivity index (χ0v) is 15.1. The molecule has 0 saturated heterocycles. The van der Waals surface area contributed by atoms with E-state index in [1.54, 1.807) is 0 Å². The minimum atomic E-state index is -1.24. The fraction of sp³-hybridized carbons (Fsp3) is 0.467. The van der Waals surface area contributed by atoms with Crippen LogP contribution < -0.4 is 27.4 Å². The van der Waals surface area contributed by atoms with Crippen molar-refractivity contribution in [3.8, 4) is 0 Å². The van der Waals surface area contributed by atoms with Crippen LogP contribution in [0.4, 0.5) is 0 Å². The second kappa shape index (κ2) is 10.6. The number of carboxylic acids is 1. The number of aliphatic carboxylic acids is 1. The van der Waals surface area contributed by atoms with Crippen molar-refractivity contribution >= 4 is 29.6 Å². The lowest BCUT2D eigenvalue weighted by molar-refractivity contribution is -0.141. The summed E-state index contributed by atoms with van der Waals surface area (Å²) >= 11 is 0. The Bertz CT molecular complexity index is 720. The number of aromatic nitrogens is 2. The van der Waals surface area contributed by atoms with Gasteiger partial charge in [-0.1, -0.05) is 0 Å². The van der Waals surface area contributed by atoms with Crippen LogP contribution in [-0.4, -0.2) is 69.3 Å². The topological polar surface area (TPSA) is 222 Å². The second-order valence-corrected chi connectivity index (χ2v) is 5.96. The maximum atomic E-state index is 12.3. The number of nitrogens with one attached hydrogen (secondary N) is 4. The first-order valence-electron chi connectivity index (χ1n) is 8.21. The number of carbonyl (C=O) groups is 5. The van der Waals surface area contributed by atoms with Crippen LogP contribution in [0.2, 0.25) is 0 Å². The van der Waals surface area contributed by atoms with E-state index in [2.05, 4.69) is 25.9 Å². The van der Waals surface area contributed by atoms with Gasteiger partial charge in [0.2, 0.25) is 23.6 Å². The van der Waals surface area contributed by atoms with Gasteiger partial charge < -0.3 is 37.5 Å². The molecule has 0 radical (unpaired) electrons. The average Bonchev–Trinajstić information content (AvgIpc) is 3.11. The second-order valence-electron chi connectivity index (χ2n) is 5.96. The minimum Gasteiger partial charge on any atom is -0.480 e. The Kier molecular flexibility index (Phi) is 8.55. The van der Waals surface area contributed by atoms with E-state index in [-0.39, 0.29) is 12.8 Å². The number of hydrogen-bond donors (Lipinski definition) is 7. The Morgan fingerprint density at radius 3 is 2.43 bits per heavy atom. The van der Waals surface area contributed by atoms with Gasteiger partial charge in [0.25, 0.3) is 0 Å². The number of carboxylic acid groups (broad SMARTS) is 1. The molecular formula is C15H23N7O6. The quantitative estimate of drug-likeness (QED) is 0.197. The fourth-order valence-corrected chi connectivity index (χ4v) is 2.05. The van der Waals surface area contributed by atoms with Gasteiger partial charge in [-0.25, -0.2) is 4.98 Å². The van der Waals surface area contributed by atoms with Crippen molar-refractivity contribution < 1.29 is 29.1 Å². The van der Waals surface area contributed by atoms with Gasteiger partial charge in [-0.3, -0.25) is 24.0 Å². The molecule has 0 aliphatic heterocycles. The van der Waals surface area contributed by atoms with Crippen LogP contribution in [0.5, 0.6) is 0 Å². The van der Waals surface area contributed by atoms with Crippen molar-refractivity contribution in [3.05, 3.63) is 18.2 Å². The molecule has 0 bridgehead atoms. The third kappa shape index (κ3) is 7.82. The van der Waals surface area contributed by atoms with Crippen molar-refractivity contribution in [2.45, 2.75) is 37.9 Å². The molecule has 9 N–H and O–H groups in total. The summed E-state index contributed by atoms with van der Waals surface area (Å²) in [7, 11) is 0. The van der Waals surface area contributed by atoms with E-state index in [0.29, 0.717) is 5.69 Å². The fourth-order valence-electron chi connectivity index (χ4n) is 2.05. The summed E-state index contributed by atoms with van der Waals surface area (Å²) in [4.78, 5) is 64.3. The normalized spacial score (nSPS) is 13.6. The van der Waals surface area contributed by atoms with Crippen molar-refractivity contribution in [2.24, 2.45) is 11.5 Å². The predicted octanol–water partition coefficient (Wildman–Crippen LogP) is -3.65. The summed E-state index contributed by atoms with van der Waals surface area (Å²) in [5.41, 5.74) is 10.9. The Balaban J connectivity index is 2.67. The first-order valence-corrected chi connectivity index (χ1v) is 8.21. The van der Waals surface area contributed by atoms with Crippen LogP contribution in [0.25, 0.3) is 0 Å². The molecule has 0 spiro atoms. The molecule has 1 rings (SSSR count). The van der Waals surface area contributed by atoms with Gasteiger partial charge in [-0.15, -0.1) is 0 Å². The molecule has 0 aromatic carbocycles. The van der Waals surface area contributed by atoms with E-state index in [4.69, 9.17) is 16.6 Å². The molecule has 0 aliphatic rings. The molecule has 1 aromatic rings. The monoisotopic (exact) mass is 397 g/mol. The SMILES string of the molecule is CC(NC(=O)C(Cc1cnc[nH]1)NC(=O)CNC(=O)C(N)CC(N)=O)C(=O)O. The van der Waals surface area contributed by atoms with Gasteiger partial charge in [0, 0.05) is 18.3 Å². The molecule has 4 amide bonds. The molecule has 0 aliphatic carbocycles. The molecule has 3 unspecified atom stereocenters. The maximum absolute atomic E-state index is 12.3. The first kappa shape index (κ1) is 22.6. The number of H-pyrrole nitrogens is 1. The van der Waals surface area contributed by atoms with Crippen molar-refractivity contribution in [1.29, 1.82) is 0 Å². The molecule has 13 nitrogen and oxygen atoms in total. The zero-order valence-electron chi connectivity index (χ0n) is 15.1. The van der Waals surface area contributed by atoms with E-state index < -0.39 is 54.3 Å². The minimum absolute atomic E-state index is 0.0129. The Morgan fingerprint density at radius 2 is 1.89 bits per heavy atom. The summed E-state index contributed by atoms with van der Waals surface area (Å²) < 4.78 is 0. The van der Waals surface area contributed by atoms with Gasteiger partial charge in [-0.2, -0.15) is 0 Å². The summed E-state index contributed by atoms with van der Waals surface area (Å²) in [6.07, 6.45) is 2.45. The van der Waals surface area contributed by atoms with Crippen LogP contribution in [0.1, 0.15) is 19.0 Å². The van der Waals surface area contributed by atoms with Gasteiger partial charge in [-0.05, 0) is 6.92 Å². The van der Waals surface area contributed by atoms with E-state index >= 15 is 0 Å². The third-order valence-corrected chi connectivity index (χ3v) is 3.54. The number of amides is 4. The average molecular weight is 397 g/mol. The molecule has 3 atom stereocenters. The number of aromatic amines is 1. The summed E-state index contributed by atoms with van der Waals surface area (Å²) in [5, 5.41) is 15.8. The number of nitrogens with zero attached hydrogens (tertiary/aromatic N) is 1. The lowest BCUT2D eigenvalue weighted by atomic mass is 10.1. The van der Waals surface area contributed by atoms with Gasteiger partial charge in [0.1, 0.15) is 12.1 Å². The summed E-state index contributed by atoms with van der Waals surface area (Å²) in [6.45, 7) is 0.766. The van der Waals surface area contributed by atoms with Gasteiger partial charge in [0.05, 0.1) is 25.3 Å². The molecule has 28 heavy (non-hydrogen) atoms. The standard InChI is InChI=1S/C15H23N7O6/c1-7(15(27)28)21-14(26)10(2-8-4-18-6-20-8)22-12(24)5-19-13(25)9(16)3-11(17)23/h4,6-7,9-10H,2-3,5,16H2,1H3,(H2,17,23)(H,18,20)(H,19,25)(H,21,26)(H,22,24)(H,27,28). The molecule has 13 heteroatoms. The highest BCUT2D eigenvalue weighted by atomic mass is 16.4. The van der Waals surface area contributed by atoms with E-state index in [9.17, 15) is 24.0 Å². The smallest absolute Gasteiger partial charge is 0.325 e. The Hall–Kier alpha value is -3.48. The van der Waals surface area contributed by atoms with Gasteiger partial charge in [0.15, 0.2) is 0 Å². The zero-order chi connectivity index (χ0) is 21.3. The highest BCUT2D eigenvalue weighted by molar-refractivity contribution is 5.93. The lowest BCUT2D eigenvalue weighted by Gasteiger charge is -2.20. The number of nitrogens with two attached hydrogens (primary N) is 2. The maximum Gasteiger partial charge on any atom is 0.325 e. The summed E-state index contributed by atoms with van der Waals surface area (Å²) in [6, 6.07) is -3.49. The lowest BCUT2D eigenvalue weighted by Crippen LogP contribution is -2.54. The highest BCUT2D eigenvalue weighted by Gasteiger charge is 2.25. The Labute approximate surface area is 159 Å². The predicted molar refractivity (Wildman–Crippen MR) is 94.3 cm³/mol. The van der Waals surface area contributed by atoms with Crippen LogP contribution in [-0.2, 0) is 30.4 Å². The summed E-state index contributed by atoms with van der Waals surface area (Å²) in [5.74, 6) is -4.22. The Morgan fingerprint density at radius 1 is 1.21 bits per heavy atom. The van der Waals surface area contributed by atoms with Crippen LogP contribution in [0.15, 0.2) is 12.5 Å².